The number of hydrogen-bond donors (Lipinski definition) is 1. The van der Waals surface area contributed by atoms with Gasteiger partial charge in [-0.15, -0.1) is 0 Å². The van der Waals surface area contributed by atoms with E-state index in [-0.39, 0.29) is 5.82 Å². The van der Waals surface area contributed by atoms with E-state index >= 15 is 0 Å². The molecule has 2 nitrogen and oxygen atoms in total. The van der Waals surface area contributed by atoms with E-state index in [4.69, 9.17) is 0 Å². The highest BCUT2D eigenvalue weighted by atomic mass is 19.1. The van der Waals surface area contributed by atoms with E-state index in [2.05, 4.69) is 17.1 Å². The van der Waals surface area contributed by atoms with Gasteiger partial charge < -0.3 is 10.2 Å². The molecule has 0 spiro atoms. The topological polar surface area (TPSA) is 15.3 Å². The lowest BCUT2D eigenvalue weighted by Gasteiger charge is -2.28. The molecule has 1 atom stereocenters. The fraction of sp³-hybridized carbons (Fsp3) is 0.600. The van der Waals surface area contributed by atoms with E-state index in [0.29, 0.717) is 5.92 Å². The Kier molecular flexibility index (Phi) is 5.14. The molecule has 3 heteroatoms. The Morgan fingerprint density at radius 3 is 2.89 bits per heavy atom. The summed E-state index contributed by atoms with van der Waals surface area (Å²) in [7, 11) is 0. The minimum Gasteiger partial charge on any atom is -0.316 e. The maximum absolute atomic E-state index is 12.8. The SMILES string of the molecule is CC1CNCCCN(CCc2ccc(F)cc2)C1. The fourth-order valence-corrected chi connectivity index (χ4v) is 2.51. The van der Waals surface area contributed by atoms with Crippen molar-refractivity contribution in [3.63, 3.8) is 0 Å². The van der Waals surface area contributed by atoms with Gasteiger partial charge in [0.1, 0.15) is 5.82 Å². The van der Waals surface area contributed by atoms with Crippen molar-refractivity contribution in [2.45, 2.75) is 19.8 Å². The molecule has 0 radical (unpaired) electrons. The van der Waals surface area contributed by atoms with Gasteiger partial charge in [0.2, 0.25) is 0 Å². The average molecular weight is 250 g/mol. The first-order valence-corrected chi connectivity index (χ1v) is 6.91. The highest BCUT2D eigenvalue weighted by Gasteiger charge is 2.12. The Labute approximate surface area is 109 Å². The summed E-state index contributed by atoms with van der Waals surface area (Å²) in [5.41, 5.74) is 1.23. The van der Waals surface area contributed by atoms with Crippen molar-refractivity contribution in [2.24, 2.45) is 5.92 Å². The van der Waals surface area contributed by atoms with E-state index in [1.807, 2.05) is 12.1 Å². The third-order valence-corrected chi connectivity index (χ3v) is 3.52. The molecule has 0 aliphatic carbocycles. The zero-order chi connectivity index (χ0) is 12.8. The van der Waals surface area contributed by atoms with Crippen LogP contribution in [0.25, 0.3) is 0 Å². The van der Waals surface area contributed by atoms with Crippen LogP contribution in [-0.4, -0.2) is 37.6 Å². The first kappa shape index (κ1) is 13.5. The number of hydrogen-bond acceptors (Lipinski definition) is 2. The predicted octanol–water partition coefficient (Wildman–Crippen LogP) is 2.30. The molecule has 1 aliphatic heterocycles. The second kappa shape index (κ2) is 6.86. The smallest absolute Gasteiger partial charge is 0.123 e. The third kappa shape index (κ3) is 4.39. The second-order valence-corrected chi connectivity index (χ2v) is 5.34. The van der Waals surface area contributed by atoms with E-state index < -0.39 is 0 Å². The quantitative estimate of drug-likeness (QED) is 0.885. The van der Waals surface area contributed by atoms with Crippen molar-refractivity contribution in [1.29, 1.82) is 0 Å². The minimum atomic E-state index is -0.148. The molecular formula is C15H23FN2. The molecule has 1 aromatic carbocycles. The van der Waals surface area contributed by atoms with Crippen LogP contribution in [0.1, 0.15) is 18.9 Å². The molecule has 0 saturated carbocycles. The molecule has 0 aromatic heterocycles. The number of benzene rings is 1. The first-order chi connectivity index (χ1) is 8.74. The molecule has 1 saturated heterocycles. The maximum Gasteiger partial charge on any atom is 0.123 e. The van der Waals surface area contributed by atoms with Gasteiger partial charge >= 0.3 is 0 Å². The Bertz CT molecular complexity index is 350. The lowest BCUT2D eigenvalue weighted by atomic mass is 10.1. The lowest BCUT2D eigenvalue weighted by Crippen LogP contribution is -2.39. The van der Waals surface area contributed by atoms with E-state index in [1.54, 1.807) is 12.1 Å². The van der Waals surface area contributed by atoms with Crippen molar-refractivity contribution in [3.05, 3.63) is 35.6 Å². The van der Waals surface area contributed by atoms with Crippen LogP contribution >= 0.6 is 0 Å². The Morgan fingerprint density at radius 1 is 1.33 bits per heavy atom. The fourth-order valence-electron chi connectivity index (χ4n) is 2.51. The molecular weight excluding hydrogens is 227 g/mol. The minimum absolute atomic E-state index is 0.148. The van der Waals surface area contributed by atoms with E-state index in [1.165, 1.54) is 18.5 Å². The molecule has 1 heterocycles. The molecule has 2 rings (SSSR count). The first-order valence-electron chi connectivity index (χ1n) is 6.91. The maximum atomic E-state index is 12.8. The van der Waals surface area contributed by atoms with Crippen molar-refractivity contribution in [3.8, 4) is 0 Å². The van der Waals surface area contributed by atoms with Gasteiger partial charge in [0.25, 0.3) is 0 Å². The van der Waals surface area contributed by atoms with E-state index in [0.717, 1.165) is 32.6 Å². The number of nitrogens with one attached hydrogen (secondary N) is 1. The largest absolute Gasteiger partial charge is 0.316 e. The van der Waals surface area contributed by atoms with Crippen LogP contribution in [0, 0.1) is 11.7 Å². The Hall–Kier alpha value is -0.930. The van der Waals surface area contributed by atoms with Gasteiger partial charge in [0.05, 0.1) is 0 Å². The van der Waals surface area contributed by atoms with Gasteiger partial charge in [-0.25, -0.2) is 4.39 Å². The summed E-state index contributed by atoms with van der Waals surface area (Å²) in [6.45, 7) is 7.94. The summed E-state index contributed by atoms with van der Waals surface area (Å²) < 4.78 is 12.8. The number of nitrogens with zero attached hydrogens (tertiary/aromatic N) is 1. The van der Waals surface area contributed by atoms with Gasteiger partial charge in [-0.2, -0.15) is 0 Å². The predicted molar refractivity (Wildman–Crippen MR) is 73.2 cm³/mol. The van der Waals surface area contributed by atoms with Gasteiger partial charge in [-0.1, -0.05) is 19.1 Å². The van der Waals surface area contributed by atoms with Crippen LogP contribution in [0.15, 0.2) is 24.3 Å². The van der Waals surface area contributed by atoms with Crippen molar-refractivity contribution in [2.75, 3.05) is 32.7 Å². The molecule has 0 amide bonds. The molecule has 1 aromatic rings. The molecule has 18 heavy (non-hydrogen) atoms. The molecule has 1 aliphatic rings. The monoisotopic (exact) mass is 250 g/mol. The zero-order valence-electron chi connectivity index (χ0n) is 11.2. The van der Waals surface area contributed by atoms with Gasteiger partial charge in [-0.05, 0) is 56.1 Å². The molecule has 1 N–H and O–H groups in total. The van der Waals surface area contributed by atoms with E-state index in [9.17, 15) is 4.39 Å². The Morgan fingerprint density at radius 2 is 2.11 bits per heavy atom. The molecule has 100 valence electrons. The van der Waals surface area contributed by atoms with Crippen molar-refractivity contribution < 1.29 is 4.39 Å². The summed E-state index contributed by atoms with van der Waals surface area (Å²) in [6.07, 6.45) is 2.23. The molecule has 1 fully saturated rings. The molecule has 1 unspecified atom stereocenters. The average Bonchev–Trinajstić information content (AvgIpc) is 2.34. The highest BCUT2D eigenvalue weighted by Crippen LogP contribution is 2.08. The van der Waals surface area contributed by atoms with Crippen LogP contribution in [0.4, 0.5) is 4.39 Å². The number of halogens is 1. The normalized spacial score (nSPS) is 22.4. The Balaban J connectivity index is 1.82. The van der Waals surface area contributed by atoms with Crippen LogP contribution in [0.5, 0.6) is 0 Å². The summed E-state index contributed by atoms with van der Waals surface area (Å²) >= 11 is 0. The standard InChI is InChI=1S/C15H23FN2/c1-13-11-17-8-2-9-18(12-13)10-7-14-3-5-15(16)6-4-14/h3-6,13,17H,2,7-12H2,1H3. The van der Waals surface area contributed by atoms with Crippen molar-refractivity contribution in [1.82, 2.24) is 10.2 Å². The third-order valence-electron chi connectivity index (χ3n) is 3.52. The molecule has 0 bridgehead atoms. The van der Waals surface area contributed by atoms with Gasteiger partial charge in [0, 0.05) is 13.1 Å². The van der Waals surface area contributed by atoms with Crippen LogP contribution < -0.4 is 5.32 Å². The summed E-state index contributed by atoms with van der Waals surface area (Å²) in [6, 6.07) is 6.89. The summed E-state index contributed by atoms with van der Waals surface area (Å²) in [5.74, 6) is 0.559. The highest BCUT2D eigenvalue weighted by molar-refractivity contribution is 5.16. The van der Waals surface area contributed by atoms with Crippen molar-refractivity contribution >= 4 is 0 Å². The van der Waals surface area contributed by atoms with Crippen LogP contribution in [0.2, 0.25) is 0 Å². The lowest BCUT2D eigenvalue weighted by molar-refractivity contribution is 0.218. The van der Waals surface area contributed by atoms with Gasteiger partial charge in [0.15, 0.2) is 0 Å². The van der Waals surface area contributed by atoms with Crippen LogP contribution in [0.3, 0.4) is 0 Å². The van der Waals surface area contributed by atoms with Gasteiger partial charge in [-0.3, -0.25) is 0 Å². The number of rotatable bonds is 3. The summed E-state index contributed by atoms with van der Waals surface area (Å²) in [4.78, 5) is 2.54. The zero-order valence-corrected chi connectivity index (χ0v) is 11.2. The summed E-state index contributed by atoms with van der Waals surface area (Å²) in [5, 5.41) is 3.47. The van der Waals surface area contributed by atoms with Crippen LogP contribution in [-0.2, 0) is 6.42 Å². The second-order valence-electron chi connectivity index (χ2n) is 5.34.